The van der Waals surface area contributed by atoms with Gasteiger partial charge in [-0.2, -0.15) is 0 Å². The standard InChI is InChI=1S/C25H41ClO2/c1-4-5-6-7-8-9-10-11-12-13-14-15-16-18-22-19-17-20-23(21-22)28-25(2,3)24(26)27/h17,19-21H,4-16,18H2,1-3H3. The highest BCUT2D eigenvalue weighted by atomic mass is 35.5. The summed E-state index contributed by atoms with van der Waals surface area (Å²) in [6, 6.07) is 8.03. The van der Waals surface area contributed by atoms with Crippen molar-refractivity contribution in [3.63, 3.8) is 0 Å². The molecule has 160 valence electrons. The summed E-state index contributed by atoms with van der Waals surface area (Å²) in [5.74, 6) is 0.714. The van der Waals surface area contributed by atoms with E-state index in [4.69, 9.17) is 16.3 Å². The molecule has 0 radical (unpaired) electrons. The maximum absolute atomic E-state index is 11.4. The molecule has 1 aromatic rings. The lowest BCUT2D eigenvalue weighted by Crippen LogP contribution is -2.34. The molecule has 0 aliphatic carbocycles. The Balaban J connectivity index is 2.06. The molecular formula is C25H41ClO2. The average molecular weight is 409 g/mol. The van der Waals surface area contributed by atoms with Gasteiger partial charge >= 0.3 is 0 Å². The lowest BCUT2D eigenvalue weighted by atomic mass is 10.0. The molecule has 0 aliphatic rings. The van der Waals surface area contributed by atoms with Crippen molar-refractivity contribution >= 4 is 16.8 Å². The molecule has 1 rings (SSSR count). The minimum Gasteiger partial charge on any atom is -0.479 e. The molecular weight excluding hydrogens is 368 g/mol. The lowest BCUT2D eigenvalue weighted by Gasteiger charge is -2.22. The van der Waals surface area contributed by atoms with Gasteiger partial charge in [-0.25, -0.2) is 0 Å². The van der Waals surface area contributed by atoms with Crippen LogP contribution in [0.1, 0.15) is 110 Å². The highest BCUT2D eigenvalue weighted by Gasteiger charge is 2.27. The number of carbonyl (C=O) groups is 1. The zero-order chi connectivity index (χ0) is 20.7. The number of aryl methyl sites for hydroxylation is 1. The van der Waals surface area contributed by atoms with Gasteiger partial charge in [0.15, 0.2) is 5.60 Å². The molecule has 0 bridgehead atoms. The van der Waals surface area contributed by atoms with Gasteiger partial charge in [0.05, 0.1) is 0 Å². The molecule has 0 heterocycles. The SMILES string of the molecule is CCCCCCCCCCCCCCCc1cccc(OC(C)(C)C(=O)Cl)c1. The van der Waals surface area contributed by atoms with Crippen LogP contribution in [0, 0.1) is 0 Å². The average Bonchev–Trinajstić information content (AvgIpc) is 2.65. The second kappa shape index (κ2) is 14.9. The van der Waals surface area contributed by atoms with Crippen LogP contribution < -0.4 is 4.74 Å². The molecule has 0 atom stereocenters. The molecule has 0 aliphatic heterocycles. The molecule has 0 aromatic heterocycles. The zero-order valence-corrected chi connectivity index (χ0v) is 19.2. The second-order valence-corrected chi connectivity index (χ2v) is 8.87. The lowest BCUT2D eigenvalue weighted by molar-refractivity contribution is -0.123. The first-order valence-electron chi connectivity index (χ1n) is 11.4. The van der Waals surface area contributed by atoms with E-state index in [0.717, 1.165) is 6.42 Å². The third-order valence-corrected chi connectivity index (χ3v) is 5.77. The molecule has 2 nitrogen and oxygen atoms in total. The van der Waals surface area contributed by atoms with E-state index >= 15 is 0 Å². The van der Waals surface area contributed by atoms with Crippen LogP contribution in [-0.2, 0) is 11.2 Å². The van der Waals surface area contributed by atoms with Crippen LogP contribution in [0.5, 0.6) is 5.75 Å². The minimum atomic E-state index is -0.990. The van der Waals surface area contributed by atoms with Crippen LogP contribution in [-0.4, -0.2) is 10.8 Å². The summed E-state index contributed by atoms with van der Waals surface area (Å²) in [6.07, 6.45) is 18.9. The second-order valence-electron chi connectivity index (χ2n) is 8.53. The molecule has 0 unspecified atom stereocenters. The van der Waals surface area contributed by atoms with Crippen LogP contribution >= 0.6 is 11.6 Å². The van der Waals surface area contributed by atoms with E-state index in [9.17, 15) is 4.79 Å². The summed E-state index contributed by atoms with van der Waals surface area (Å²) in [5, 5.41) is -0.477. The molecule has 0 saturated heterocycles. The first kappa shape index (κ1) is 25.0. The van der Waals surface area contributed by atoms with Gasteiger partial charge in [-0.1, -0.05) is 96.1 Å². The molecule has 0 fully saturated rings. The quantitative estimate of drug-likeness (QED) is 0.191. The van der Waals surface area contributed by atoms with Crippen molar-refractivity contribution in [3.05, 3.63) is 29.8 Å². The van der Waals surface area contributed by atoms with Crippen LogP contribution in [0.4, 0.5) is 0 Å². The van der Waals surface area contributed by atoms with E-state index in [1.54, 1.807) is 13.8 Å². The number of ether oxygens (including phenoxy) is 1. The Morgan fingerprint density at radius 2 is 1.36 bits per heavy atom. The van der Waals surface area contributed by atoms with Crippen molar-refractivity contribution in [2.75, 3.05) is 0 Å². The van der Waals surface area contributed by atoms with E-state index in [2.05, 4.69) is 13.0 Å². The minimum absolute atomic E-state index is 0.477. The highest BCUT2D eigenvalue weighted by Crippen LogP contribution is 2.22. The van der Waals surface area contributed by atoms with E-state index in [-0.39, 0.29) is 0 Å². The Kier molecular flexibility index (Phi) is 13.3. The summed E-state index contributed by atoms with van der Waals surface area (Å²) in [6.45, 7) is 5.67. The molecule has 0 saturated carbocycles. The maximum atomic E-state index is 11.4. The smallest absolute Gasteiger partial charge is 0.264 e. The van der Waals surface area contributed by atoms with Crippen LogP contribution in [0.3, 0.4) is 0 Å². The summed E-state index contributed by atoms with van der Waals surface area (Å²) in [7, 11) is 0. The van der Waals surface area contributed by atoms with Gasteiger partial charge in [0.1, 0.15) is 5.75 Å². The number of hydrogen-bond donors (Lipinski definition) is 0. The highest BCUT2D eigenvalue weighted by molar-refractivity contribution is 6.65. The summed E-state index contributed by atoms with van der Waals surface area (Å²) in [4.78, 5) is 11.4. The van der Waals surface area contributed by atoms with Crippen molar-refractivity contribution in [2.24, 2.45) is 0 Å². The Bertz CT molecular complexity index is 539. The first-order chi connectivity index (χ1) is 13.5. The van der Waals surface area contributed by atoms with E-state index < -0.39 is 10.8 Å². The number of carbonyl (C=O) groups excluding carboxylic acids is 1. The monoisotopic (exact) mass is 408 g/mol. The first-order valence-corrected chi connectivity index (χ1v) is 11.8. The number of benzene rings is 1. The molecule has 0 spiro atoms. The normalized spacial score (nSPS) is 11.6. The number of rotatable bonds is 17. The van der Waals surface area contributed by atoms with Crippen molar-refractivity contribution in [1.29, 1.82) is 0 Å². The maximum Gasteiger partial charge on any atom is 0.264 e. The number of hydrogen-bond acceptors (Lipinski definition) is 2. The largest absolute Gasteiger partial charge is 0.479 e. The van der Waals surface area contributed by atoms with Crippen LogP contribution in [0.25, 0.3) is 0 Å². The Hall–Kier alpha value is -1.02. The van der Waals surface area contributed by atoms with Gasteiger partial charge in [-0.3, -0.25) is 4.79 Å². The van der Waals surface area contributed by atoms with Gasteiger partial charge < -0.3 is 4.74 Å². The molecule has 0 N–H and O–H groups in total. The Morgan fingerprint density at radius 1 is 0.857 bits per heavy atom. The van der Waals surface area contributed by atoms with Gasteiger partial charge in [0.25, 0.3) is 5.24 Å². The molecule has 28 heavy (non-hydrogen) atoms. The fourth-order valence-electron chi connectivity index (χ4n) is 3.45. The van der Waals surface area contributed by atoms with Crippen molar-refractivity contribution < 1.29 is 9.53 Å². The molecule has 3 heteroatoms. The third kappa shape index (κ3) is 11.7. The molecule has 1 aromatic carbocycles. The number of halogens is 1. The predicted octanol–water partition coefficient (Wildman–Crippen LogP) is 8.24. The molecule has 0 amide bonds. The topological polar surface area (TPSA) is 26.3 Å². The summed E-state index contributed by atoms with van der Waals surface area (Å²) in [5.41, 5.74) is 0.272. The van der Waals surface area contributed by atoms with Crippen LogP contribution in [0.2, 0.25) is 0 Å². The number of unbranched alkanes of at least 4 members (excludes halogenated alkanes) is 12. The van der Waals surface area contributed by atoms with Crippen molar-refractivity contribution in [3.8, 4) is 5.75 Å². The zero-order valence-electron chi connectivity index (χ0n) is 18.4. The Morgan fingerprint density at radius 3 is 1.86 bits per heavy atom. The van der Waals surface area contributed by atoms with Crippen molar-refractivity contribution in [1.82, 2.24) is 0 Å². The fraction of sp³-hybridized carbons (Fsp3) is 0.720. The van der Waals surface area contributed by atoms with Crippen LogP contribution in [0.15, 0.2) is 24.3 Å². The van der Waals surface area contributed by atoms with Gasteiger partial charge in [0.2, 0.25) is 0 Å². The predicted molar refractivity (Wildman–Crippen MR) is 121 cm³/mol. The van der Waals surface area contributed by atoms with E-state index in [1.807, 2.05) is 18.2 Å². The van der Waals surface area contributed by atoms with Gasteiger partial charge in [-0.05, 0) is 56.0 Å². The van der Waals surface area contributed by atoms with Gasteiger partial charge in [-0.15, -0.1) is 0 Å². The fourth-order valence-corrected chi connectivity index (χ4v) is 3.48. The van der Waals surface area contributed by atoms with E-state index in [1.165, 1.54) is 89.0 Å². The summed E-state index contributed by atoms with van der Waals surface area (Å²) < 4.78 is 5.74. The van der Waals surface area contributed by atoms with Gasteiger partial charge in [0, 0.05) is 0 Å². The summed E-state index contributed by atoms with van der Waals surface area (Å²) >= 11 is 5.59. The van der Waals surface area contributed by atoms with Crippen molar-refractivity contribution in [2.45, 2.75) is 116 Å². The van der Waals surface area contributed by atoms with E-state index in [0.29, 0.717) is 5.75 Å². The third-order valence-electron chi connectivity index (χ3n) is 5.31. The Labute approximate surface area is 178 Å².